The van der Waals surface area contributed by atoms with Gasteiger partial charge in [-0.15, -0.1) is 0 Å². The first kappa shape index (κ1) is 26.0. The molecule has 0 aliphatic heterocycles. The predicted molar refractivity (Wildman–Crippen MR) is 147 cm³/mol. The van der Waals surface area contributed by atoms with Gasteiger partial charge in [-0.2, -0.15) is 0 Å². The molecule has 0 atom stereocenters. The lowest BCUT2D eigenvalue weighted by Crippen LogP contribution is -2.42. The van der Waals surface area contributed by atoms with E-state index in [0.717, 1.165) is 22.6 Å². The third-order valence-corrected chi connectivity index (χ3v) is 6.20. The highest BCUT2D eigenvalue weighted by molar-refractivity contribution is 6.30. The van der Waals surface area contributed by atoms with Gasteiger partial charge in [-0.3, -0.25) is 19.5 Å². The number of anilines is 1. The van der Waals surface area contributed by atoms with Crippen LogP contribution in [0.25, 0.3) is 16.9 Å². The monoisotopic (exact) mass is 516 g/mol. The van der Waals surface area contributed by atoms with Gasteiger partial charge in [0.05, 0.1) is 12.8 Å². The summed E-state index contributed by atoms with van der Waals surface area (Å²) in [5, 5.41) is 3.53. The maximum Gasteiger partial charge on any atom is 0.254 e. The van der Waals surface area contributed by atoms with Crippen molar-refractivity contribution in [3.8, 4) is 22.7 Å². The van der Waals surface area contributed by atoms with E-state index in [-0.39, 0.29) is 24.4 Å². The summed E-state index contributed by atoms with van der Waals surface area (Å²) in [6.45, 7) is 5.62. The van der Waals surface area contributed by atoms with E-state index in [0.29, 0.717) is 22.2 Å². The lowest BCUT2D eigenvalue weighted by molar-refractivity contribution is -0.117. The van der Waals surface area contributed by atoms with Crippen LogP contribution in [0.2, 0.25) is 5.02 Å². The Morgan fingerprint density at radius 3 is 2.24 bits per heavy atom. The first-order valence-electron chi connectivity index (χ1n) is 11.9. The highest BCUT2D eigenvalue weighted by Gasteiger charge is 2.23. The minimum atomic E-state index is -0.350. The summed E-state index contributed by atoms with van der Waals surface area (Å²) >= 11 is 6.05. The van der Waals surface area contributed by atoms with Gasteiger partial charge in [0.25, 0.3) is 5.91 Å². The molecule has 0 unspecified atom stereocenters. The Bertz CT molecular complexity index is 1380. The van der Waals surface area contributed by atoms with E-state index in [1.165, 1.54) is 0 Å². The number of ether oxygens (including phenoxy) is 1. The number of aromatic nitrogens is 2. The molecule has 1 N–H and O–H groups in total. The number of carbonyl (C=O) groups excluding carboxylic acids is 2. The number of halogens is 1. The number of imidazole rings is 1. The van der Waals surface area contributed by atoms with Crippen LogP contribution in [0.1, 0.15) is 29.8 Å². The number of methoxy groups -OCH3 is 1. The summed E-state index contributed by atoms with van der Waals surface area (Å²) in [5.41, 5.74) is 3.91. The molecule has 0 aliphatic rings. The number of carbonyl (C=O) groups is 2. The number of hydrogen-bond donors (Lipinski definition) is 1. The van der Waals surface area contributed by atoms with Crippen LogP contribution in [0.15, 0.2) is 79.0 Å². The molecule has 190 valence electrons. The van der Waals surface area contributed by atoms with Gasteiger partial charge < -0.3 is 9.64 Å². The topological polar surface area (TPSA) is 76.5 Å². The van der Waals surface area contributed by atoms with Crippen molar-refractivity contribution >= 4 is 29.4 Å². The molecular weight excluding hydrogens is 488 g/mol. The molecule has 0 fully saturated rings. The van der Waals surface area contributed by atoms with Crippen molar-refractivity contribution in [2.24, 2.45) is 0 Å². The standard InChI is InChI=1S/C29H29ClN4O3/c1-19(2)33(28(36)22-7-5-20(3)6-8-22)18-27(35)32-29-31-26(21-9-11-23(30)12-10-21)17-34(29)24-13-15-25(37-4)16-14-24/h5-17,19H,18H2,1-4H3,(H,31,32,35). The van der Waals surface area contributed by atoms with Crippen molar-refractivity contribution in [1.82, 2.24) is 14.5 Å². The third kappa shape index (κ3) is 6.19. The van der Waals surface area contributed by atoms with Crippen LogP contribution in [0.4, 0.5) is 5.95 Å². The van der Waals surface area contributed by atoms with Gasteiger partial charge in [0.15, 0.2) is 0 Å². The molecule has 1 aromatic heterocycles. The number of aryl methyl sites for hydroxylation is 1. The number of hydrogen-bond acceptors (Lipinski definition) is 4. The Kier molecular flexibility index (Phi) is 7.94. The Morgan fingerprint density at radius 1 is 1.00 bits per heavy atom. The summed E-state index contributed by atoms with van der Waals surface area (Å²) in [6, 6.07) is 21.9. The van der Waals surface area contributed by atoms with Gasteiger partial charge in [0, 0.05) is 34.1 Å². The van der Waals surface area contributed by atoms with Crippen molar-refractivity contribution in [1.29, 1.82) is 0 Å². The smallest absolute Gasteiger partial charge is 0.254 e. The second-order valence-corrected chi connectivity index (χ2v) is 9.40. The van der Waals surface area contributed by atoms with E-state index < -0.39 is 0 Å². The van der Waals surface area contributed by atoms with E-state index >= 15 is 0 Å². The van der Waals surface area contributed by atoms with Gasteiger partial charge in [-0.25, -0.2) is 4.98 Å². The molecule has 0 saturated heterocycles. The first-order valence-corrected chi connectivity index (χ1v) is 12.3. The summed E-state index contributed by atoms with van der Waals surface area (Å²) in [4.78, 5) is 32.6. The van der Waals surface area contributed by atoms with E-state index in [1.54, 1.807) is 40.8 Å². The molecule has 37 heavy (non-hydrogen) atoms. The SMILES string of the molecule is COc1ccc(-n2cc(-c3ccc(Cl)cc3)nc2NC(=O)CN(C(=O)c2ccc(C)cc2)C(C)C)cc1. The lowest BCUT2D eigenvalue weighted by atomic mass is 10.1. The lowest BCUT2D eigenvalue weighted by Gasteiger charge is -2.26. The zero-order chi connectivity index (χ0) is 26.5. The Hall–Kier alpha value is -4.10. The zero-order valence-electron chi connectivity index (χ0n) is 21.2. The quantitative estimate of drug-likeness (QED) is 0.311. The predicted octanol–water partition coefficient (Wildman–Crippen LogP) is 6.00. The number of benzene rings is 3. The Balaban J connectivity index is 1.62. The molecule has 4 rings (SSSR count). The van der Waals surface area contributed by atoms with Crippen molar-refractivity contribution < 1.29 is 14.3 Å². The number of nitrogens with zero attached hydrogens (tertiary/aromatic N) is 3. The summed E-state index contributed by atoms with van der Waals surface area (Å²) in [5.74, 6) is 0.504. The number of nitrogens with one attached hydrogen (secondary N) is 1. The van der Waals surface area contributed by atoms with Crippen LogP contribution in [0, 0.1) is 6.92 Å². The average Bonchev–Trinajstić information content (AvgIpc) is 3.31. The first-order chi connectivity index (χ1) is 17.7. The van der Waals surface area contributed by atoms with Gasteiger partial charge >= 0.3 is 0 Å². The van der Waals surface area contributed by atoms with E-state index in [4.69, 9.17) is 16.3 Å². The molecule has 7 nitrogen and oxygen atoms in total. The van der Waals surface area contributed by atoms with Gasteiger partial charge in [0.1, 0.15) is 12.3 Å². The molecule has 0 spiro atoms. The summed E-state index contributed by atoms with van der Waals surface area (Å²) in [7, 11) is 1.61. The maximum atomic E-state index is 13.2. The van der Waals surface area contributed by atoms with E-state index in [1.807, 2.05) is 75.5 Å². The maximum absolute atomic E-state index is 13.2. The number of amides is 2. The third-order valence-electron chi connectivity index (χ3n) is 5.94. The van der Waals surface area contributed by atoms with Crippen molar-refractivity contribution in [3.63, 3.8) is 0 Å². The normalized spacial score (nSPS) is 10.9. The van der Waals surface area contributed by atoms with Crippen molar-refractivity contribution in [2.45, 2.75) is 26.8 Å². The molecule has 0 radical (unpaired) electrons. The highest BCUT2D eigenvalue weighted by Crippen LogP contribution is 2.26. The molecule has 0 bridgehead atoms. The van der Waals surface area contributed by atoms with Crippen molar-refractivity contribution in [2.75, 3.05) is 19.0 Å². The Morgan fingerprint density at radius 2 is 1.65 bits per heavy atom. The largest absolute Gasteiger partial charge is 0.497 e. The van der Waals surface area contributed by atoms with Gasteiger partial charge in [0.2, 0.25) is 11.9 Å². The van der Waals surface area contributed by atoms with E-state index in [9.17, 15) is 9.59 Å². The fourth-order valence-electron chi connectivity index (χ4n) is 3.84. The number of rotatable bonds is 8. The molecule has 4 aromatic rings. The van der Waals surface area contributed by atoms with Crippen LogP contribution in [-0.2, 0) is 4.79 Å². The minimum Gasteiger partial charge on any atom is -0.497 e. The Labute approximate surface area is 221 Å². The second-order valence-electron chi connectivity index (χ2n) is 8.97. The van der Waals surface area contributed by atoms with Crippen LogP contribution in [0.3, 0.4) is 0 Å². The molecule has 0 saturated carbocycles. The highest BCUT2D eigenvalue weighted by atomic mass is 35.5. The minimum absolute atomic E-state index is 0.115. The molecule has 0 aliphatic carbocycles. The summed E-state index contributed by atoms with van der Waals surface area (Å²) < 4.78 is 7.07. The molecule has 8 heteroatoms. The van der Waals surface area contributed by atoms with Gasteiger partial charge in [-0.1, -0.05) is 41.4 Å². The van der Waals surface area contributed by atoms with E-state index in [2.05, 4.69) is 10.3 Å². The van der Waals surface area contributed by atoms with Crippen LogP contribution >= 0.6 is 11.6 Å². The molecule has 1 heterocycles. The fourth-order valence-corrected chi connectivity index (χ4v) is 3.96. The molecular formula is C29H29ClN4O3. The average molecular weight is 517 g/mol. The summed E-state index contributed by atoms with van der Waals surface area (Å²) in [6.07, 6.45) is 1.85. The van der Waals surface area contributed by atoms with Gasteiger partial charge in [-0.05, 0) is 69.3 Å². The zero-order valence-corrected chi connectivity index (χ0v) is 22.0. The van der Waals surface area contributed by atoms with Crippen LogP contribution in [-0.4, -0.2) is 46.0 Å². The second kappa shape index (κ2) is 11.3. The molecule has 3 aromatic carbocycles. The van der Waals surface area contributed by atoms with Crippen LogP contribution in [0.5, 0.6) is 5.75 Å². The van der Waals surface area contributed by atoms with Crippen molar-refractivity contribution in [3.05, 3.63) is 95.1 Å². The fraction of sp³-hybridized carbons (Fsp3) is 0.207. The van der Waals surface area contributed by atoms with Crippen LogP contribution < -0.4 is 10.1 Å². The molecule has 2 amide bonds.